The van der Waals surface area contributed by atoms with Crippen molar-refractivity contribution in [2.75, 3.05) is 0 Å². The van der Waals surface area contributed by atoms with Gasteiger partial charge in [-0.25, -0.2) is 4.39 Å². The van der Waals surface area contributed by atoms with Crippen LogP contribution in [0.5, 0.6) is 0 Å². The SMILES string of the molecule is CC#CC(CC(=O)O)c1ccc(-c2ccccc2)c(F)c1. The first kappa shape index (κ1) is 14.8. The van der Waals surface area contributed by atoms with E-state index in [2.05, 4.69) is 11.8 Å². The molecular weight excluding hydrogens is 267 g/mol. The molecule has 3 heteroatoms. The molecule has 106 valence electrons. The molecule has 0 saturated carbocycles. The van der Waals surface area contributed by atoms with E-state index in [-0.39, 0.29) is 12.2 Å². The lowest BCUT2D eigenvalue weighted by Gasteiger charge is -2.11. The predicted octanol–water partition coefficient (Wildman–Crippen LogP) is 4.07. The van der Waals surface area contributed by atoms with Gasteiger partial charge in [-0.2, -0.15) is 0 Å². The summed E-state index contributed by atoms with van der Waals surface area (Å²) in [5, 5.41) is 8.91. The van der Waals surface area contributed by atoms with Crippen molar-refractivity contribution >= 4 is 5.97 Å². The molecule has 0 aromatic heterocycles. The lowest BCUT2D eigenvalue weighted by molar-refractivity contribution is -0.137. The molecular formula is C18H15FO2. The molecule has 0 aliphatic heterocycles. The molecule has 0 heterocycles. The van der Waals surface area contributed by atoms with Crippen molar-refractivity contribution in [1.29, 1.82) is 0 Å². The molecule has 0 radical (unpaired) electrons. The Morgan fingerprint density at radius 1 is 1.24 bits per heavy atom. The van der Waals surface area contributed by atoms with E-state index in [9.17, 15) is 9.18 Å². The Kier molecular flexibility index (Phi) is 4.73. The molecule has 1 unspecified atom stereocenters. The van der Waals surface area contributed by atoms with Crippen LogP contribution in [0.2, 0.25) is 0 Å². The number of halogens is 1. The van der Waals surface area contributed by atoms with Crippen LogP contribution in [0.1, 0.15) is 24.8 Å². The third-order valence-electron chi connectivity index (χ3n) is 3.18. The summed E-state index contributed by atoms with van der Waals surface area (Å²) in [7, 11) is 0. The zero-order valence-corrected chi connectivity index (χ0v) is 11.6. The maximum Gasteiger partial charge on any atom is 0.304 e. The van der Waals surface area contributed by atoms with Crippen LogP contribution in [-0.4, -0.2) is 11.1 Å². The standard InChI is InChI=1S/C18H15FO2/c1-2-6-14(12-18(20)21)15-9-10-16(17(19)11-15)13-7-4-3-5-8-13/h3-5,7-11,14H,12H2,1H3,(H,20,21). The number of benzene rings is 2. The van der Waals surface area contributed by atoms with Crippen molar-refractivity contribution in [3.63, 3.8) is 0 Å². The summed E-state index contributed by atoms with van der Waals surface area (Å²) in [6.45, 7) is 1.64. The van der Waals surface area contributed by atoms with Crippen molar-refractivity contribution < 1.29 is 14.3 Å². The van der Waals surface area contributed by atoms with Gasteiger partial charge in [-0.15, -0.1) is 5.92 Å². The highest BCUT2D eigenvalue weighted by Crippen LogP contribution is 2.27. The molecule has 0 bridgehead atoms. The van der Waals surface area contributed by atoms with Crippen molar-refractivity contribution in [2.45, 2.75) is 19.3 Å². The van der Waals surface area contributed by atoms with Crippen LogP contribution in [-0.2, 0) is 4.79 Å². The molecule has 0 spiro atoms. The van der Waals surface area contributed by atoms with Crippen LogP contribution in [0.4, 0.5) is 4.39 Å². The minimum Gasteiger partial charge on any atom is -0.481 e. The minimum absolute atomic E-state index is 0.134. The van der Waals surface area contributed by atoms with Gasteiger partial charge < -0.3 is 5.11 Å². The van der Waals surface area contributed by atoms with E-state index in [1.165, 1.54) is 6.07 Å². The first-order chi connectivity index (χ1) is 10.1. The summed E-state index contributed by atoms with van der Waals surface area (Å²) in [5.41, 5.74) is 1.87. The van der Waals surface area contributed by atoms with Crippen molar-refractivity contribution in [3.05, 3.63) is 59.9 Å². The van der Waals surface area contributed by atoms with Gasteiger partial charge in [0.15, 0.2) is 0 Å². The Hall–Kier alpha value is -2.60. The zero-order valence-electron chi connectivity index (χ0n) is 11.6. The van der Waals surface area contributed by atoms with Crippen molar-refractivity contribution in [2.24, 2.45) is 0 Å². The normalized spacial score (nSPS) is 11.3. The van der Waals surface area contributed by atoms with Crippen molar-refractivity contribution in [3.8, 4) is 23.0 Å². The second-order valence-corrected chi connectivity index (χ2v) is 4.65. The monoisotopic (exact) mass is 282 g/mol. The number of hydrogen-bond acceptors (Lipinski definition) is 1. The average molecular weight is 282 g/mol. The highest BCUT2D eigenvalue weighted by Gasteiger charge is 2.15. The summed E-state index contributed by atoms with van der Waals surface area (Å²) in [6, 6.07) is 14.0. The van der Waals surface area contributed by atoms with E-state index in [0.29, 0.717) is 11.1 Å². The fourth-order valence-electron chi connectivity index (χ4n) is 2.20. The van der Waals surface area contributed by atoms with Crippen LogP contribution in [0.15, 0.2) is 48.5 Å². The van der Waals surface area contributed by atoms with E-state index in [4.69, 9.17) is 5.11 Å². The minimum atomic E-state index is -0.949. The maximum absolute atomic E-state index is 14.3. The van der Waals surface area contributed by atoms with E-state index < -0.39 is 11.9 Å². The zero-order chi connectivity index (χ0) is 15.2. The molecule has 1 N–H and O–H groups in total. The number of carboxylic acid groups (broad SMARTS) is 1. The fourth-order valence-corrected chi connectivity index (χ4v) is 2.20. The van der Waals surface area contributed by atoms with Crippen LogP contribution in [0, 0.1) is 17.7 Å². The van der Waals surface area contributed by atoms with Crippen LogP contribution < -0.4 is 0 Å². The fraction of sp³-hybridized carbons (Fsp3) is 0.167. The highest BCUT2D eigenvalue weighted by atomic mass is 19.1. The Balaban J connectivity index is 2.37. The maximum atomic E-state index is 14.3. The second-order valence-electron chi connectivity index (χ2n) is 4.65. The van der Waals surface area contributed by atoms with Gasteiger partial charge in [0, 0.05) is 5.56 Å². The molecule has 2 aromatic carbocycles. The van der Waals surface area contributed by atoms with E-state index in [0.717, 1.165) is 5.56 Å². The molecule has 21 heavy (non-hydrogen) atoms. The Morgan fingerprint density at radius 3 is 2.52 bits per heavy atom. The number of carboxylic acids is 1. The Bertz CT molecular complexity index is 696. The Labute approximate surface area is 123 Å². The third kappa shape index (κ3) is 3.70. The van der Waals surface area contributed by atoms with Gasteiger partial charge >= 0.3 is 5.97 Å². The van der Waals surface area contributed by atoms with E-state index in [1.807, 2.05) is 30.3 Å². The van der Waals surface area contributed by atoms with Crippen LogP contribution in [0.25, 0.3) is 11.1 Å². The van der Waals surface area contributed by atoms with E-state index in [1.54, 1.807) is 19.1 Å². The summed E-state index contributed by atoms with van der Waals surface area (Å²) >= 11 is 0. The van der Waals surface area contributed by atoms with Gasteiger partial charge in [-0.3, -0.25) is 4.79 Å². The summed E-state index contributed by atoms with van der Waals surface area (Å²) < 4.78 is 14.3. The van der Waals surface area contributed by atoms with E-state index >= 15 is 0 Å². The second kappa shape index (κ2) is 6.71. The molecule has 2 nitrogen and oxygen atoms in total. The molecule has 2 aromatic rings. The molecule has 1 atom stereocenters. The van der Waals surface area contributed by atoms with Gasteiger partial charge in [0.25, 0.3) is 0 Å². The number of hydrogen-bond donors (Lipinski definition) is 1. The molecule has 0 amide bonds. The van der Waals surface area contributed by atoms with Gasteiger partial charge in [-0.1, -0.05) is 48.4 Å². The first-order valence-electron chi connectivity index (χ1n) is 6.60. The number of carbonyl (C=O) groups is 1. The topological polar surface area (TPSA) is 37.3 Å². The van der Waals surface area contributed by atoms with Gasteiger partial charge in [0.2, 0.25) is 0 Å². The molecule has 0 aliphatic carbocycles. The van der Waals surface area contributed by atoms with Crippen molar-refractivity contribution in [1.82, 2.24) is 0 Å². The smallest absolute Gasteiger partial charge is 0.304 e. The summed E-state index contributed by atoms with van der Waals surface area (Å²) in [4.78, 5) is 10.9. The third-order valence-corrected chi connectivity index (χ3v) is 3.18. The largest absolute Gasteiger partial charge is 0.481 e. The highest BCUT2D eigenvalue weighted by molar-refractivity contribution is 5.69. The Morgan fingerprint density at radius 2 is 1.95 bits per heavy atom. The van der Waals surface area contributed by atoms with Crippen LogP contribution >= 0.6 is 0 Å². The number of rotatable bonds is 4. The lowest BCUT2D eigenvalue weighted by atomic mass is 9.93. The molecule has 0 aliphatic rings. The summed E-state index contributed by atoms with van der Waals surface area (Å²) in [5.74, 6) is 3.71. The summed E-state index contributed by atoms with van der Waals surface area (Å²) in [6.07, 6.45) is -0.134. The first-order valence-corrected chi connectivity index (χ1v) is 6.60. The van der Waals surface area contributed by atoms with Gasteiger partial charge in [0.1, 0.15) is 5.82 Å². The predicted molar refractivity (Wildman–Crippen MR) is 80.3 cm³/mol. The quantitative estimate of drug-likeness (QED) is 0.858. The molecule has 0 saturated heterocycles. The van der Waals surface area contributed by atoms with Gasteiger partial charge in [-0.05, 0) is 24.1 Å². The molecule has 2 rings (SSSR count). The van der Waals surface area contributed by atoms with Crippen LogP contribution in [0.3, 0.4) is 0 Å². The number of aliphatic carboxylic acids is 1. The van der Waals surface area contributed by atoms with Gasteiger partial charge in [0.05, 0.1) is 12.3 Å². The lowest BCUT2D eigenvalue weighted by Crippen LogP contribution is -2.05. The average Bonchev–Trinajstić information content (AvgIpc) is 2.47. The molecule has 0 fully saturated rings.